The lowest BCUT2D eigenvalue weighted by Crippen LogP contribution is -2.52. The number of amides is 1. The zero-order valence-electron chi connectivity index (χ0n) is 20.0. The number of anilines is 1. The van der Waals surface area contributed by atoms with Crippen LogP contribution in [0.4, 0.5) is 5.13 Å². The quantitative estimate of drug-likeness (QED) is 0.587. The van der Waals surface area contributed by atoms with Gasteiger partial charge in [0.15, 0.2) is 5.13 Å². The number of hydrogen-bond donors (Lipinski definition) is 1. The summed E-state index contributed by atoms with van der Waals surface area (Å²) in [6.07, 6.45) is 13.9. The van der Waals surface area contributed by atoms with E-state index in [1.165, 1.54) is 56.1 Å². The largest absolute Gasteiger partial charge is 0.352 e. The van der Waals surface area contributed by atoms with E-state index in [1.807, 2.05) is 0 Å². The van der Waals surface area contributed by atoms with Crippen molar-refractivity contribution >= 4 is 32.6 Å². The fourth-order valence-electron chi connectivity index (χ4n) is 6.12. The highest BCUT2D eigenvalue weighted by molar-refractivity contribution is 7.22. The van der Waals surface area contributed by atoms with Crippen LogP contribution in [-0.4, -0.2) is 54.6 Å². The van der Waals surface area contributed by atoms with E-state index >= 15 is 0 Å². The van der Waals surface area contributed by atoms with Gasteiger partial charge >= 0.3 is 0 Å². The van der Waals surface area contributed by atoms with Crippen molar-refractivity contribution < 1.29 is 4.79 Å². The Hall–Kier alpha value is -1.66. The topological polar surface area (TPSA) is 48.5 Å². The van der Waals surface area contributed by atoms with Crippen LogP contribution in [0.5, 0.6) is 0 Å². The Bertz CT molecular complexity index is 861. The molecule has 180 valence electrons. The van der Waals surface area contributed by atoms with Crippen LogP contribution in [0.1, 0.15) is 70.6 Å². The number of nitrogens with one attached hydrogen (secondary N) is 1. The molecule has 5 rings (SSSR count). The Kier molecular flexibility index (Phi) is 7.82. The van der Waals surface area contributed by atoms with E-state index in [0.717, 1.165) is 68.6 Å². The molecule has 2 saturated carbocycles. The molecule has 2 aromatic rings. The number of rotatable bonds is 7. The van der Waals surface area contributed by atoms with Gasteiger partial charge < -0.3 is 10.2 Å². The maximum absolute atomic E-state index is 13.1. The number of hydrogen-bond acceptors (Lipinski definition) is 5. The van der Waals surface area contributed by atoms with Crippen molar-refractivity contribution in [1.29, 1.82) is 0 Å². The summed E-state index contributed by atoms with van der Waals surface area (Å²) >= 11 is 1.81. The zero-order valence-corrected chi connectivity index (χ0v) is 20.8. The summed E-state index contributed by atoms with van der Waals surface area (Å²) in [7, 11) is 0. The van der Waals surface area contributed by atoms with E-state index in [-0.39, 0.29) is 5.92 Å². The fourth-order valence-corrected chi connectivity index (χ4v) is 7.13. The maximum atomic E-state index is 13.1. The Morgan fingerprint density at radius 2 is 1.67 bits per heavy atom. The van der Waals surface area contributed by atoms with Crippen molar-refractivity contribution in [2.75, 3.05) is 37.6 Å². The van der Waals surface area contributed by atoms with Crippen LogP contribution in [0, 0.1) is 11.8 Å². The van der Waals surface area contributed by atoms with Gasteiger partial charge in [-0.25, -0.2) is 4.98 Å². The van der Waals surface area contributed by atoms with Crippen LogP contribution in [0.2, 0.25) is 0 Å². The van der Waals surface area contributed by atoms with Crippen LogP contribution in [0.25, 0.3) is 10.2 Å². The van der Waals surface area contributed by atoms with E-state index in [2.05, 4.69) is 39.4 Å². The minimum atomic E-state index is 0.253. The summed E-state index contributed by atoms with van der Waals surface area (Å²) in [5.41, 5.74) is 1.11. The van der Waals surface area contributed by atoms with Crippen molar-refractivity contribution in [3.05, 3.63) is 24.3 Å². The van der Waals surface area contributed by atoms with Gasteiger partial charge in [0.1, 0.15) is 0 Å². The molecule has 1 N–H and O–H groups in total. The normalized spacial score (nSPS) is 22.5. The third-order valence-electron chi connectivity index (χ3n) is 8.07. The molecule has 0 unspecified atom stereocenters. The lowest BCUT2D eigenvalue weighted by Gasteiger charge is -2.38. The monoisotopic (exact) mass is 468 g/mol. The van der Waals surface area contributed by atoms with E-state index in [9.17, 15) is 4.79 Å². The van der Waals surface area contributed by atoms with E-state index in [4.69, 9.17) is 4.98 Å². The number of fused-ring (bicyclic) bond motifs is 1. The molecule has 1 aromatic carbocycles. The molecule has 1 aliphatic heterocycles. The molecule has 6 heteroatoms. The van der Waals surface area contributed by atoms with Gasteiger partial charge in [-0.1, -0.05) is 74.8 Å². The summed E-state index contributed by atoms with van der Waals surface area (Å²) in [6, 6.07) is 8.74. The Labute approximate surface area is 202 Å². The zero-order chi connectivity index (χ0) is 22.5. The van der Waals surface area contributed by atoms with Crippen LogP contribution < -0.4 is 10.2 Å². The molecule has 1 aromatic heterocycles. The number of carbonyl (C=O) groups is 1. The van der Waals surface area contributed by atoms with Gasteiger partial charge in [-0.05, 0) is 37.3 Å². The first-order chi connectivity index (χ1) is 16.2. The van der Waals surface area contributed by atoms with Crippen molar-refractivity contribution in [2.45, 2.75) is 76.7 Å². The molecule has 3 aliphatic rings. The van der Waals surface area contributed by atoms with Crippen molar-refractivity contribution in [3.63, 3.8) is 0 Å². The molecule has 3 fully saturated rings. The van der Waals surface area contributed by atoms with Crippen molar-refractivity contribution in [2.24, 2.45) is 11.8 Å². The second-order valence-corrected chi connectivity index (χ2v) is 11.5. The highest BCUT2D eigenvalue weighted by Gasteiger charge is 2.28. The molecule has 5 nitrogen and oxygen atoms in total. The standard InChI is InChI=1S/C27H40N4OS/c32-26(22-11-5-2-6-12-22)28-23(19-21-9-3-1-4-10-21)20-30-15-17-31(18-16-30)27-29-24-13-7-8-14-25(24)33-27/h7-8,13-14,21-23H,1-6,9-12,15-20H2,(H,28,32)/t23-/m1/s1. The predicted octanol–water partition coefficient (Wildman–Crippen LogP) is 5.45. The van der Waals surface area contributed by atoms with Gasteiger partial charge in [-0.3, -0.25) is 9.69 Å². The summed E-state index contributed by atoms with van der Waals surface area (Å²) < 4.78 is 1.27. The minimum Gasteiger partial charge on any atom is -0.352 e. The summed E-state index contributed by atoms with van der Waals surface area (Å²) in [4.78, 5) is 23.0. The van der Waals surface area contributed by atoms with Gasteiger partial charge in [0, 0.05) is 44.7 Å². The second kappa shape index (κ2) is 11.2. The van der Waals surface area contributed by atoms with Crippen LogP contribution >= 0.6 is 11.3 Å². The number of carbonyl (C=O) groups excluding carboxylic acids is 1. The van der Waals surface area contributed by atoms with Crippen molar-refractivity contribution in [1.82, 2.24) is 15.2 Å². The average Bonchev–Trinajstić information content (AvgIpc) is 3.30. The van der Waals surface area contributed by atoms with Crippen molar-refractivity contribution in [3.8, 4) is 0 Å². The SMILES string of the molecule is O=C(N[C@H](CC1CCCCC1)CN1CCN(c2nc3ccccc3s2)CC1)C1CCCCC1. The second-order valence-electron chi connectivity index (χ2n) is 10.5. The first-order valence-corrected chi connectivity index (χ1v) is 14.2. The van der Waals surface area contributed by atoms with Crippen LogP contribution in [0.3, 0.4) is 0 Å². The maximum Gasteiger partial charge on any atom is 0.223 e. The number of aromatic nitrogens is 1. The molecule has 0 radical (unpaired) electrons. The summed E-state index contributed by atoms with van der Waals surface area (Å²) in [6.45, 7) is 5.15. The number of thiazole rings is 1. The third-order valence-corrected chi connectivity index (χ3v) is 9.17. The third kappa shape index (κ3) is 6.07. The first kappa shape index (κ1) is 23.1. The average molecular weight is 469 g/mol. The summed E-state index contributed by atoms with van der Waals surface area (Å²) in [5, 5.41) is 4.69. The molecular weight excluding hydrogens is 428 g/mol. The smallest absolute Gasteiger partial charge is 0.223 e. The first-order valence-electron chi connectivity index (χ1n) is 13.4. The number of piperazine rings is 1. The number of para-hydroxylation sites is 1. The highest BCUT2D eigenvalue weighted by Crippen LogP contribution is 2.30. The van der Waals surface area contributed by atoms with E-state index in [0.29, 0.717) is 11.9 Å². The van der Waals surface area contributed by atoms with Gasteiger partial charge in [0.25, 0.3) is 0 Å². The molecule has 1 atom stereocenters. The molecule has 0 spiro atoms. The van der Waals surface area contributed by atoms with Gasteiger partial charge in [0.05, 0.1) is 10.2 Å². The Morgan fingerprint density at radius 3 is 2.39 bits per heavy atom. The molecule has 33 heavy (non-hydrogen) atoms. The molecule has 2 heterocycles. The highest BCUT2D eigenvalue weighted by atomic mass is 32.1. The Balaban J connectivity index is 1.17. The van der Waals surface area contributed by atoms with E-state index in [1.54, 1.807) is 11.3 Å². The number of benzene rings is 1. The molecule has 0 bridgehead atoms. The minimum absolute atomic E-state index is 0.253. The van der Waals surface area contributed by atoms with Gasteiger partial charge in [0.2, 0.25) is 5.91 Å². The molecule has 1 amide bonds. The summed E-state index contributed by atoms with van der Waals surface area (Å²) in [5.74, 6) is 1.38. The van der Waals surface area contributed by atoms with Gasteiger partial charge in [-0.15, -0.1) is 0 Å². The lowest BCUT2D eigenvalue weighted by atomic mass is 9.84. The van der Waals surface area contributed by atoms with Crippen LogP contribution in [-0.2, 0) is 4.79 Å². The molecular formula is C27H40N4OS. The Morgan fingerprint density at radius 1 is 0.970 bits per heavy atom. The van der Waals surface area contributed by atoms with Gasteiger partial charge in [-0.2, -0.15) is 0 Å². The predicted molar refractivity (Wildman–Crippen MR) is 138 cm³/mol. The van der Waals surface area contributed by atoms with E-state index < -0.39 is 0 Å². The molecule has 1 saturated heterocycles. The fraction of sp³-hybridized carbons (Fsp3) is 0.704. The number of nitrogens with zero attached hydrogens (tertiary/aromatic N) is 3. The lowest BCUT2D eigenvalue weighted by molar-refractivity contribution is -0.127. The molecule has 2 aliphatic carbocycles. The van der Waals surface area contributed by atoms with Crippen LogP contribution in [0.15, 0.2) is 24.3 Å².